The van der Waals surface area contributed by atoms with Gasteiger partial charge in [0.1, 0.15) is 18.4 Å². The number of nitrogens with zero attached hydrogens (tertiary/aromatic N) is 1. The summed E-state index contributed by atoms with van der Waals surface area (Å²) in [6.45, 7) is 9.52. The first-order valence-corrected chi connectivity index (χ1v) is 8.21. The minimum absolute atomic E-state index is 0.0898. The molecule has 0 atom stereocenters. The molecule has 0 unspecified atom stereocenters. The molecule has 0 saturated heterocycles. The van der Waals surface area contributed by atoms with Crippen LogP contribution in [0, 0.1) is 12.8 Å². The van der Waals surface area contributed by atoms with Crippen LogP contribution in [0.2, 0.25) is 0 Å². The van der Waals surface area contributed by atoms with E-state index < -0.39 is 0 Å². The number of hydrogen-bond acceptors (Lipinski definition) is 3. The van der Waals surface area contributed by atoms with Gasteiger partial charge in [-0.05, 0) is 30.9 Å². The van der Waals surface area contributed by atoms with E-state index in [0.717, 1.165) is 17.7 Å². The van der Waals surface area contributed by atoms with Gasteiger partial charge in [-0.25, -0.2) is 0 Å². The first-order chi connectivity index (χ1) is 10.5. The summed E-state index contributed by atoms with van der Waals surface area (Å²) in [5, 5.41) is 0. The van der Waals surface area contributed by atoms with Crippen LogP contribution >= 0.6 is 11.6 Å². The molecule has 0 aromatic heterocycles. The third-order valence-corrected chi connectivity index (χ3v) is 3.26. The van der Waals surface area contributed by atoms with Crippen molar-refractivity contribution in [3.63, 3.8) is 0 Å². The molecule has 1 amide bonds. The Kier molecular flexibility index (Phi) is 8.28. The third-order valence-electron chi connectivity index (χ3n) is 3.03. The van der Waals surface area contributed by atoms with E-state index in [-0.39, 0.29) is 18.5 Å². The Bertz CT molecular complexity index is 477. The predicted octanol–water partition coefficient (Wildman–Crippen LogP) is 3.99. The third kappa shape index (κ3) is 5.50. The lowest BCUT2D eigenvalue weighted by atomic mass is 10.1. The van der Waals surface area contributed by atoms with Crippen LogP contribution in [0.3, 0.4) is 0 Å². The molecule has 0 heterocycles. The molecule has 0 aliphatic heterocycles. The van der Waals surface area contributed by atoms with Gasteiger partial charge in [0.25, 0.3) is 0 Å². The van der Waals surface area contributed by atoms with Crippen molar-refractivity contribution in [3.05, 3.63) is 23.8 Å². The average Bonchev–Trinajstić information content (AvgIpc) is 2.49. The minimum Gasteiger partial charge on any atom is -0.491 e. The summed E-state index contributed by atoms with van der Waals surface area (Å²) in [6.07, 6.45) is 0.896. The zero-order chi connectivity index (χ0) is 16.5. The van der Waals surface area contributed by atoms with Crippen molar-refractivity contribution >= 4 is 23.2 Å². The maximum atomic E-state index is 12.2. The number of amides is 1. The number of alkyl halides is 1. The van der Waals surface area contributed by atoms with E-state index in [4.69, 9.17) is 21.1 Å². The van der Waals surface area contributed by atoms with Crippen molar-refractivity contribution in [3.8, 4) is 5.75 Å². The van der Waals surface area contributed by atoms with Crippen molar-refractivity contribution in [1.29, 1.82) is 0 Å². The molecule has 0 aliphatic carbocycles. The van der Waals surface area contributed by atoms with Gasteiger partial charge in [0, 0.05) is 6.61 Å². The number of hydrogen-bond donors (Lipinski definition) is 0. The van der Waals surface area contributed by atoms with Crippen LogP contribution in [0.5, 0.6) is 5.75 Å². The molecule has 0 aliphatic rings. The smallest absolute Gasteiger partial charge is 0.243 e. The van der Waals surface area contributed by atoms with Crippen LogP contribution in [-0.4, -0.2) is 31.7 Å². The normalized spacial score (nSPS) is 10.8. The number of para-hydroxylation sites is 1. The van der Waals surface area contributed by atoms with Gasteiger partial charge in [0.2, 0.25) is 5.91 Å². The van der Waals surface area contributed by atoms with Crippen LogP contribution in [0.15, 0.2) is 18.2 Å². The molecule has 1 rings (SSSR count). The first kappa shape index (κ1) is 18.8. The Morgan fingerprint density at radius 1 is 1.36 bits per heavy atom. The van der Waals surface area contributed by atoms with Crippen molar-refractivity contribution in [2.75, 3.05) is 30.7 Å². The van der Waals surface area contributed by atoms with E-state index in [1.807, 2.05) is 32.0 Å². The summed E-state index contributed by atoms with van der Waals surface area (Å²) in [5.41, 5.74) is 1.70. The van der Waals surface area contributed by atoms with Crippen molar-refractivity contribution < 1.29 is 14.3 Å². The molecule has 22 heavy (non-hydrogen) atoms. The first-order valence-electron chi connectivity index (χ1n) is 7.67. The summed E-state index contributed by atoms with van der Waals surface area (Å²) in [4.78, 5) is 13.8. The highest BCUT2D eigenvalue weighted by molar-refractivity contribution is 6.29. The number of ether oxygens (including phenoxy) is 2. The maximum absolute atomic E-state index is 12.2. The highest BCUT2D eigenvalue weighted by atomic mass is 35.5. The quantitative estimate of drug-likeness (QED) is 0.391. The maximum Gasteiger partial charge on any atom is 0.243 e. The Labute approximate surface area is 138 Å². The number of benzene rings is 1. The minimum atomic E-state index is -0.193. The van der Waals surface area contributed by atoms with Crippen LogP contribution in [0.1, 0.15) is 32.8 Å². The molecule has 0 N–H and O–H groups in total. The van der Waals surface area contributed by atoms with Gasteiger partial charge in [-0.2, -0.15) is 0 Å². The highest BCUT2D eigenvalue weighted by Crippen LogP contribution is 2.32. The van der Waals surface area contributed by atoms with Crippen LogP contribution in [0.4, 0.5) is 5.69 Å². The van der Waals surface area contributed by atoms with Crippen LogP contribution < -0.4 is 9.64 Å². The second-order valence-electron chi connectivity index (χ2n) is 5.62. The zero-order valence-corrected chi connectivity index (χ0v) is 14.7. The summed E-state index contributed by atoms with van der Waals surface area (Å²) < 4.78 is 11.4. The molecule has 124 valence electrons. The van der Waals surface area contributed by atoms with E-state index in [1.165, 1.54) is 0 Å². The summed E-state index contributed by atoms with van der Waals surface area (Å²) in [7, 11) is 0. The number of carbonyl (C=O) groups excluding carboxylic acids is 1. The fraction of sp³-hybridized carbons (Fsp3) is 0.588. The molecule has 0 fully saturated rings. The van der Waals surface area contributed by atoms with Gasteiger partial charge in [0.05, 0.1) is 12.3 Å². The fourth-order valence-corrected chi connectivity index (χ4v) is 2.13. The lowest BCUT2D eigenvalue weighted by Gasteiger charge is -2.26. The van der Waals surface area contributed by atoms with Crippen molar-refractivity contribution in [1.82, 2.24) is 0 Å². The molecule has 1 aromatic rings. The SMILES string of the molecule is CCCOCN(C(=O)CCl)c1c(C)cccc1OCC(C)C. The predicted molar refractivity (Wildman–Crippen MR) is 90.8 cm³/mol. The molecular weight excluding hydrogens is 302 g/mol. The zero-order valence-electron chi connectivity index (χ0n) is 13.9. The van der Waals surface area contributed by atoms with Crippen molar-refractivity contribution in [2.45, 2.75) is 34.1 Å². The van der Waals surface area contributed by atoms with E-state index in [2.05, 4.69) is 13.8 Å². The van der Waals surface area contributed by atoms with E-state index in [0.29, 0.717) is 24.9 Å². The topological polar surface area (TPSA) is 38.8 Å². The summed E-state index contributed by atoms with van der Waals surface area (Å²) in [6, 6.07) is 5.75. The lowest BCUT2D eigenvalue weighted by Crippen LogP contribution is -2.35. The molecule has 0 spiro atoms. The van der Waals surface area contributed by atoms with Gasteiger partial charge >= 0.3 is 0 Å². The van der Waals surface area contributed by atoms with Gasteiger partial charge < -0.3 is 9.47 Å². The summed E-state index contributed by atoms with van der Waals surface area (Å²) >= 11 is 5.75. The van der Waals surface area contributed by atoms with Crippen LogP contribution in [-0.2, 0) is 9.53 Å². The van der Waals surface area contributed by atoms with Gasteiger partial charge in [-0.15, -0.1) is 11.6 Å². The number of rotatable bonds is 9. The van der Waals surface area contributed by atoms with E-state index >= 15 is 0 Å². The van der Waals surface area contributed by atoms with Gasteiger partial charge in [0.15, 0.2) is 0 Å². The molecule has 4 nitrogen and oxygen atoms in total. The number of aryl methyl sites for hydroxylation is 1. The Morgan fingerprint density at radius 3 is 2.68 bits per heavy atom. The van der Waals surface area contributed by atoms with Gasteiger partial charge in [-0.1, -0.05) is 32.9 Å². The van der Waals surface area contributed by atoms with E-state index in [9.17, 15) is 4.79 Å². The Balaban J connectivity index is 3.07. The molecule has 1 aromatic carbocycles. The van der Waals surface area contributed by atoms with Crippen LogP contribution in [0.25, 0.3) is 0 Å². The van der Waals surface area contributed by atoms with Gasteiger partial charge in [-0.3, -0.25) is 9.69 Å². The molecule has 0 saturated carbocycles. The Morgan fingerprint density at radius 2 is 2.09 bits per heavy atom. The average molecular weight is 328 g/mol. The second-order valence-corrected chi connectivity index (χ2v) is 5.89. The number of halogens is 1. The molecule has 0 radical (unpaired) electrons. The second kappa shape index (κ2) is 9.70. The number of anilines is 1. The Hall–Kier alpha value is -1.26. The molecular formula is C17H26ClNO3. The molecule has 0 bridgehead atoms. The highest BCUT2D eigenvalue weighted by Gasteiger charge is 2.21. The standard InChI is InChI=1S/C17H26ClNO3/c1-5-9-21-12-19(16(20)10-18)17-14(4)7-6-8-15(17)22-11-13(2)3/h6-8,13H,5,9-12H2,1-4H3. The monoisotopic (exact) mass is 327 g/mol. The summed E-state index contributed by atoms with van der Waals surface area (Å²) in [5.74, 6) is 0.809. The van der Waals surface area contributed by atoms with E-state index in [1.54, 1.807) is 4.90 Å². The molecule has 5 heteroatoms. The fourth-order valence-electron chi connectivity index (χ4n) is 1.98. The number of carbonyl (C=O) groups is 1. The lowest BCUT2D eigenvalue weighted by molar-refractivity contribution is -0.117. The largest absolute Gasteiger partial charge is 0.491 e. The van der Waals surface area contributed by atoms with Crippen molar-refractivity contribution in [2.24, 2.45) is 5.92 Å².